The predicted octanol–water partition coefficient (Wildman–Crippen LogP) is 2.68. The van der Waals surface area contributed by atoms with Crippen molar-refractivity contribution >= 4 is 16.8 Å². The fourth-order valence-electron chi connectivity index (χ4n) is 3.61. The molecule has 0 radical (unpaired) electrons. The first-order valence-electron chi connectivity index (χ1n) is 8.35. The van der Waals surface area contributed by atoms with E-state index < -0.39 is 0 Å². The summed E-state index contributed by atoms with van der Waals surface area (Å²) < 4.78 is 1.94. The van der Waals surface area contributed by atoms with Crippen molar-refractivity contribution in [3.8, 4) is 0 Å². The summed E-state index contributed by atoms with van der Waals surface area (Å²) in [6, 6.07) is 4.19. The molecule has 6 nitrogen and oxygen atoms in total. The van der Waals surface area contributed by atoms with Crippen LogP contribution in [0.3, 0.4) is 0 Å². The summed E-state index contributed by atoms with van der Waals surface area (Å²) in [5.74, 6) is 0.0827. The smallest absolute Gasteiger partial charge is 0.256 e. The lowest BCUT2D eigenvalue weighted by Crippen LogP contribution is -2.38. The zero-order valence-electron chi connectivity index (χ0n) is 14.0. The maximum atomic E-state index is 13.2. The van der Waals surface area contributed by atoms with Gasteiger partial charge in [0.15, 0.2) is 0 Å². The van der Waals surface area contributed by atoms with E-state index in [9.17, 15) is 4.79 Å². The number of amides is 1. The molecular weight excluding hydrogens is 302 g/mol. The highest BCUT2D eigenvalue weighted by Gasteiger charge is 2.31. The first kappa shape index (κ1) is 14.9. The lowest BCUT2D eigenvalue weighted by atomic mass is 10.1. The zero-order valence-corrected chi connectivity index (χ0v) is 14.0. The van der Waals surface area contributed by atoms with Gasteiger partial charge in [-0.2, -0.15) is 10.2 Å². The van der Waals surface area contributed by atoms with Crippen LogP contribution in [0.15, 0.2) is 30.7 Å². The molecule has 4 rings (SSSR count). The van der Waals surface area contributed by atoms with Crippen LogP contribution in [0.5, 0.6) is 0 Å². The molecule has 3 heterocycles. The van der Waals surface area contributed by atoms with Crippen LogP contribution in [0.2, 0.25) is 0 Å². The van der Waals surface area contributed by atoms with E-state index in [2.05, 4.69) is 15.3 Å². The van der Waals surface area contributed by atoms with Gasteiger partial charge in [-0.3, -0.25) is 14.6 Å². The van der Waals surface area contributed by atoms with Gasteiger partial charge in [0, 0.05) is 18.1 Å². The molecule has 0 spiro atoms. The summed E-state index contributed by atoms with van der Waals surface area (Å²) in [6.45, 7) is 5.59. The number of hydrogen-bond donors (Lipinski definition) is 1. The molecule has 24 heavy (non-hydrogen) atoms. The lowest BCUT2D eigenvalue weighted by Gasteiger charge is -2.25. The predicted molar refractivity (Wildman–Crippen MR) is 91.9 cm³/mol. The molecule has 1 aliphatic heterocycles. The minimum atomic E-state index is 0.0827. The Morgan fingerprint density at radius 2 is 2.17 bits per heavy atom. The molecule has 1 aromatic carbocycles. The molecule has 1 atom stereocenters. The Labute approximate surface area is 140 Å². The van der Waals surface area contributed by atoms with Crippen LogP contribution in [0, 0.1) is 13.8 Å². The van der Waals surface area contributed by atoms with E-state index >= 15 is 0 Å². The van der Waals surface area contributed by atoms with Crippen LogP contribution in [0.1, 0.15) is 34.3 Å². The second kappa shape index (κ2) is 5.78. The minimum absolute atomic E-state index is 0.0827. The first-order valence-corrected chi connectivity index (χ1v) is 8.35. The number of rotatable bonds is 3. The van der Waals surface area contributed by atoms with Crippen molar-refractivity contribution in [2.45, 2.75) is 39.3 Å². The average Bonchev–Trinajstić information content (AvgIpc) is 3.27. The van der Waals surface area contributed by atoms with Gasteiger partial charge in [-0.15, -0.1) is 0 Å². The van der Waals surface area contributed by atoms with E-state index in [1.165, 1.54) is 0 Å². The Balaban J connectivity index is 1.63. The first-order chi connectivity index (χ1) is 11.6. The number of benzene rings is 1. The van der Waals surface area contributed by atoms with Crippen molar-refractivity contribution in [2.24, 2.45) is 0 Å². The summed E-state index contributed by atoms with van der Waals surface area (Å²) in [5.41, 5.74) is 3.76. The van der Waals surface area contributed by atoms with Crippen molar-refractivity contribution in [2.75, 3.05) is 6.54 Å². The summed E-state index contributed by atoms with van der Waals surface area (Å²) in [6.07, 6.45) is 7.71. The van der Waals surface area contributed by atoms with Crippen LogP contribution in [-0.4, -0.2) is 43.4 Å². The standard InChI is InChI=1S/C18H21N5O/c1-12-6-14-9-19-21-17(14)16(7-12)18(24)23-5-3-4-15(23)11-22-10-13(2)8-20-22/h6-10,15H,3-5,11H2,1-2H3,(H,19,21)/t15-/m1/s1. The summed E-state index contributed by atoms with van der Waals surface area (Å²) in [7, 11) is 0. The molecule has 0 aliphatic carbocycles. The van der Waals surface area contributed by atoms with Crippen molar-refractivity contribution in [3.63, 3.8) is 0 Å². The number of fused-ring (bicyclic) bond motifs is 1. The van der Waals surface area contributed by atoms with E-state index in [4.69, 9.17) is 0 Å². The maximum absolute atomic E-state index is 13.2. The molecule has 1 saturated heterocycles. The highest BCUT2D eigenvalue weighted by Crippen LogP contribution is 2.25. The van der Waals surface area contributed by atoms with Gasteiger partial charge in [0.05, 0.1) is 36.1 Å². The van der Waals surface area contributed by atoms with Crippen molar-refractivity contribution < 1.29 is 4.79 Å². The van der Waals surface area contributed by atoms with E-state index in [1.54, 1.807) is 6.20 Å². The van der Waals surface area contributed by atoms with Gasteiger partial charge in [0.2, 0.25) is 0 Å². The number of likely N-dealkylation sites (tertiary alicyclic amines) is 1. The van der Waals surface area contributed by atoms with Crippen LogP contribution in [-0.2, 0) is 6.54 Å². The molecular formula is C18H21N5O. The van der Waals surface area contributed by atoms with Gasteiger partial charge in [0.25, 0.3) is 5.91 Å². The second-order valence-electron chi connectivity index (χ2n) is 6.68. The molecule has 2 aromatic heterocycles. The molecule has 0 unspecified atom stereocenters. The second-order valence-corrected chi connectivity index (χ2v) is 6.68. The number of aromatic nitrogens is 4. The SMILES string of the molecule is Cc1cc(C(=O)N2CCC[C@@H]2Cn2cc(C)cn2)c2[nH]ncc2c1. The topological polar surface area (TPSA) is 66.8 Å². The Hall–Kier alpha value is -2.63. The van der Waals surface area contributed by atoms with Crippen molar-refractivity contribution in [1.82, 2.24) is 24.9 Å². The molecule has 6 heteroatoms. The van der Waals surface area contributed by atoms with E-state index in [0.717, 1.165) is 48.0 Å². The van der Waals surface area contributed by atoms with Crippen LogP contribution >= 0.6 is 0 Å². The van der Waals surface area contributed by atoms with Gasteiger partial charge >= 0.3 is 0 Å². The lowest BCUT2D eigenvalue weighted by molar-refractivity contribution is 0.0723. The van der Waals surface area contributed by atoms with E-state index in [1.807, 2.05) is 48.0 Å². The quantitative estimate of drug-likeness (QED) is 0.806. The number of aromatic amines is 1. The Morgan fingerprint density at radius 1 is 1.29 bits per heavy atom. The highest BCUT2D eigenvalue weighted by molar-refractivity contribution is 6.05. The van der Waals surface area contributed by atoms with Crippen LogP contribution in [0.25, 0.3) is 10.9 Å². The molecule has 1 N–H and O–H groups in total. The van der Waals surface area contributed by atoms with Gasteiger partial charge in [-0.25, -0.2) is 0 Å². The third kappa shape index (κ3) is 2.58. The summed E-state index contributed by atoms with van der Waals surface area (Å²) in [5, 5.41) is 12.4. The molecule has 3 aromatic rings. The zero-order chi connectivity index (χ0) is 16.7. The largest absolute Gasteiger partial charge is 0.334 e. The number of nitrogens with one attached hydrogen (secondary N) is 1. The third-order valence-corrected chi connectivity index (χ3v) is 4.72. The number of aryl methyl sites for hydroxylation is 2. The number of H-pyrrole nitrogens is 1. The maximum Gasteiger partial charge on any atom is 0.256 e. The van der Waals surface area contributed by atoms with Gasteiger partial charge in [0.1, 0.15) is 0 Å². The Bertz CT molecular complexity index is 894. The van der Waals surface area contributed by atoms with Crippen molar-refractivity contribution in [3.05, 3.63) is 47.4 Å². The highest BCUT2D eigenvalue weighted by atomic mass is 16.2. The Morgan fingerprint density at radius 3 is 2.96 bits per heavy atom. The van der Waals surface area contributed by atoms with Gasteiger partial charge in [-0.05, 0) is 49.9 Å². The molecule has 1 amide bonds. The molecule has 0 bridgehead atoms. The van der Waals surface area contributed by atoms with Crippen LogP contribution < -0.4 is 0 Å². The molecule has 0 saturated carbocycles. The fourth-order valence-corrected chi connectivity index (χ4v) is 3.61. The summed E-state index contributed by atoms with van der Waals surface area (Å²) in [4.78, 5) is 15.2. The molecule has 124 valence electrons. The summed E-state index contributed by atoms with van der Waals surface area (Å²) >= 11 is 0. The average molecular weight is 323 g/mol. The molecule has 1 aliphatic rings. The normalized spacial score (nSPS) is 17.8. The number of carbonyl (C=O) groups excluding carboxylic acids is 1. The van der Waals surface area contributed by atoms with Crippen LogP contribution in [0.4, 0.5) is 0 Å². The third-order valence-electron chi connectivity index (χ3n) is 4.72. The van der Waals surface area contributed by atoms with Gasteiger partial charge < -0.3 is 4.90 Å². The van der Waals surface area contributed by atoms with E-state index in [-0.39, 0.29) is 11.9 Å². The number of hydrogen-bond acceptors (Lipinski definition) is 3. The van der Waals surface area contributed by atoms with Crippen molar-refractivity contribution in [1.29, 1.82) is 0 Å². The number of carbonyl (C=O) groups is 1. The number of nitrogens with zero attached hydrogens (tertiary/aromatic N) is 4. The molecule has 1 fully saturated rings. The fraction of sp³-hybridized carbons (Fsp3) is 0.389. The Kier molecular flexibility index (Phi) is 3.59. The minimum Gasteiger partial charge on any atom is -0.334 e. The monoisotopic (exact) mass is 323 g/mol. The van der Waals surface area contributed by atoms with E-state index in [0.29, 0.717) is 5.56 Å². The van der Waals surface area contributed by atoms with Gasteiger partial charge in [-0.1, -0.05) is 0 Å².